The molecule has 2 aromatic rings. The highest BCUT2D eigenvalue weighted by Gasteiger charge is 2.10. The minimum absolute atomic E-state index is 0.167. The van der Waals surface area contributed by atoms with Crippen molar-refractivity contribution in [1.82, 2.24) is 10.2 Å². The molecule has 0 saturated heterocycles. The van der Waals surface area contributed by atoms with E-state index in [1.165, 1.54) is 25.3 Å². The first-order chi connectivity index (χ1) is 8.11. The predicted octanol–water partition coefficient (Wildman–Crippen LogP) is 2.53. The third-order valence-corrected chi connectivity index (χ3v) is 2.51. The Kier molecular flexibility index (Phi) is 3.10. The number of nitrogen functional groups attached to an aromatic ring is 1. The number of anilines is 1. The third-order valence-electron chi connectivity index (χ3n) is 2.23. The monoisotopic (exact) mass is 253 g/mol. The van der Waals surface area contributed by atoms with Gasteiger partial charge in [0.25, 0.3) is 0 Å². The molecule has 0 fully saturated rings. The Balaban J connectivity index is 2.53. The summed E-state index contributed by atoms with van der Waals surface area (Å²) in [6.45, 7) is 0. The van der Waals surface area contributed by atoms with Crippen LogP contribution in [0.5, 0.6) is 5.75 Å². The Hall–Kier alpha value is -1.88. The number of hydrogen-bond acceptors (Lipinski definition) is 4. The van der Waals surface area contributed by atoms with E-state index in [0.29, 0.717) is 11.1 Å². The molecule has 0 bridgehead atoms. The fraction of sp³-hybridized carbons (Fsp3) is 0.0909. The van der Waals surface area contributed by atoms with E-state index in [1.807, 2.05) is 0 Å². The Bertz CT molecular complexity index is 562. The summed E-state index contributed by atoms with van der Waals surface area (Å²) in [6, 6.07) is 6.03. The van der Waals surface area contributed by atoms with E-state index in [-0.39, 0.29) is 16.7 Å². The van der Waals surface area contributed by atoms with Gasteiger partial charge in [0.2, 0.25) is 0 Å². The highest BCUT2D eigenvalue weighted by atomic mass is 35.5. The number of benzene rings is 1. The number of nitrogens with zero attached hydrogens (tertiary/aromatic N) is 2. The Labute approximate surface area is 102 Å². The van der Waals surface area contributed by atoms with Crippen molar-refractivity contribution in [2.75, 3.05) is 12.8 Å². The average molecular weight is 254 g/mol. The molecule has 4 nitrogen and oxygen atoms in total. The number of ether oxygens (including phenoxy) is 1. The van der Waals surface area contributed by atoms with Gasteiger partial charge in [-0.2, -0.15) is 0 Å². The molecule has 0 saturated carbocycles. The first-order valence-electron chi connectivity index (χ1n) is 4.74. The van der Waals surface area contributed by atoms with E-state index in [9.17, 15) is 4.39 Å². The molecule has 0 aliphatic rings. The van der Waals surface area contributed by atoms with Crippen LogP contribution in [0.25, 0.3) is 11.1 Å². The molecular formula is C11H9ClFN3O. The number of rotatable bonds is 2. The van der Waals surface area contributed by atoms with Crippen LogP contribution in [0.15, 0.2) is 24.3 Å². The molecular weight excluding hydrogens is 245 g/mol. The standard InChI is InChI=1S/C11H9ClFN3O/c1-17-9-3-2-6(4-8(9)13)7-5-10(14)15-16-11(7)12/h2-5H,1H3,(H2,14,15). The van der Waals surface area contributed by atoms with Crippen molar-refractivity contribution >= 4 is 17.4 Å². The molecule has 0 radical (unpaired) electrons. The van der Waals surface area contributed by atoms with Gasteiger partial charge in [0, 0.05) is 5.56 Å². The Morgan fingerprint density at radius 2 is 2.06 bits per heavy atom. The van der Waals surface area contributed by atoms with Gasteiger partial charge in [0.15, 0.2) is 16.7 Å². The van der Waals surface area contributed by atoms with Gasteiger partial charge in [0.1, 0.15) is 5.82 Å². The Morgan fingerprint density at radius 1 is 1.29 bits per heavy atom. The van der Waals surface area contributed by atoms with Gasteiger partial charge >= 0.3 is 0 Å². The highest BCUT2D eigenvalue weighted by molar-refractivity contribution is 6.32. The van der Waals surface area contributed by atoms with E-state index >= 15 is 0 Å². The number of aromatic nitrogens is 2. The zero-order valence-electron chi connectivity index (χ0n) is 8.95. The van der Waals surface area contributed by atoms with Crippen LogP contribution in [0.4, 0.5) is 10.2 Å². The number of methoxy groups -OCH3 is 1. The van der Waals surface area contributed by atoms with Crippen LogP contribution >= 0.6 is 11.6 Å². The molecule has 88 valence electrons. The second kappa shape index (κ2) is 4.55. The summed E-state index contributed by atoms with van der Waals surface area (Å²) >= 11 is 5.87. The molecule has 0 aliphatic heterocycles. The minimum atomic E-state index is -0.476. The van der Waals surface area contributed by atoms with Crippen LogP contribution in [0.1, 0.15) is 0 Å². The molecule has 0 spiro atoms. The molecule has 0 aliphatic carbocycles. The smallest absolute Gasteiger partial charge is 0.165 e. The fourth-order valence-electron chi connectivity index (χ4n) is 1.43. The van der Waals surface area contributed by atoms with Gasteiger partial charge in [-0.15, -0.1) is 10.2 Å². The van der Waals surface area contributed by atoms with Gasteiger partial charge in [-0.25, -0.2) is 4.39 Å². The topological polar surface area (TPSA) is 61.0 Å². The molecule has 0 atom stereocenters. The van der Waals surface area contributed by atoms with Crippen molar-refractivity contribution in [1.29, 1.82) is 0 Å². The van der Waals surface area contributed by atoms with Crippen molar-refractivity contribution in [3.63, 3.8) is 0 Å². The summed E-state index contributed by atoms with van der Waals surface area (Å²) in [5, 5.41) is 7.43. The van der Waals surface area contributed by atoms with E-state index in [0.717, 1.165) is 0 Å². The first kappa shape index (κ1) is 11.6. The molecule has 6 heteroatoms. The van der Waals surface area contributed by atoms with Gasteiger partial charge in [-0.3, -0.25) is 0 Å². The number of nitrogens with two attached hydrogens (primary N) is 1. The lowest BCUT2D eigenvalue weighted by molar-refractivity contribution is 0.386. The molecule has 1 aromatic carbocycles. The maximum Gasteiger partial charge on any atom is 0.165 e. The lowest BCUT2D eigenvalue weighted by atomic mass is 10.1. The van der Waals surface area contributed by atoms with Crippen LogP contribution in [-0.4, -0.2) is 17.3 Å². The highest BCUT2D eigenvalue weighted by Crippen LogP contribution is 2.29. The van der Waals surface area contributed by atoms with Gasteiger partial charge in [-0.05, 0) is 23.8 Å². The predicted molar refractivity (Wildman–Crippen MR) is 63.4 cm³/mol. The molecule has 2 N–H and O–H groups in total. The lowest BCUT2D eigenvalue weighted by Crippen LogP contribution is -1.95. The van der Waals surface area contributed by atoms with Crippen molar-refractivity contribution in [2.45, 2.75) is 0 Å². The molecule has 0 unspecified atom stereocenters. The van der Waals surface area contributed by atoms with Crippen molar-refractivity contribution in [3.8, 4) is 16.9 Å². The zero-order valence-corrected chi connectivity index (χ0v) is 9.70. The minimum Gasteiger partial charge on any atom is -0.494 e. The second-order valence-corrected chi connectivity index (χ2v) is 3.68. The lowest BCUT2D eigenvalue weighted by Gasteiger charge is -2.06. The molecule has 1 heterocycles. The molecule has 0 amide bonds. The summed E-state index contributed by atoms with van der Waals surface area (Å²) in [6.07, 6.45) is 0. The average Bonchev–Trinajstić information content (AvgIpc) is 2.32. The normalized spacial score (nSPS) is 10.3. The van der Waals surface area contributed by atoms with Gasteiger partial charge in [0.05, 0.1) is 7.11 Å². The third kappa shape index (κ3) is 2.29. The summed E-state index contributed by atoms with van der Waals surface area (Å²) in [5.41, 5.74) is 6.60. The van der Waals surface area contributed by atoms with Crippen molar-refractivity contribution in [2.24, 2.45) is 0 Å². The maximum absolute atomic E-state index is 13.5. The van der Waals surface area contributed by atoms with Crippen molar-refractivity contribution in [3.05, 3.63) is 35.2 Å². The summed E-state index contributed by atoms with van der Waals surface area (Å²) in [7, 11) is 1.40. The van der Waals surface area contributed by atoms with Crippen LogP contribution in [-0.2, 0) is 0 Å². The largest absolute Gasteiger partial charge is 0.494 e. The fourth-order valence-corrected chi connectivity index (χ4v) is 1.63. The SMILES string of the molecule is COc1ccc(-c2cc(N)nnc2Cl)cc1F. The quantitative estimate of drug-likeness (QED) is 0.893. The molecule has 1 aromatic heterocycles. The van der Waals surface area contributed by atoms with Crippen LogP contribution in [0.2, 0.25) is 5.15 Å². The van der Waals surface area contributed by atoms with Crippen molar-refractivity contribution < 1.29 is 9.13 Å². The van der Waals surface area contributed by atoms with Gasteiger partial charge in [-0.1, -0.05) is 17.7 Å². The van der Waals surface area contributed by atoms with E-state index in [1.54, 1.807) is 6.07 Å². The zero-order chi connectivity index (χ0) is 12.4. The van der Waals surface area contributed by atoms with Crippen LogP contribution < -0.4 is 10.5 Å². The number of hydrogen-bond donors (Lipinski definition) is 1. The molecule has 17 heavy (non-hydrogen) atoms. The second-order valence-electron chi connectivity index (χ2n) is 3.32. The Morgan fingerprint density at radius 3 is 2.71 bits per heavy atom. The first-order valence-corrected chi connectivity index (χ1v) is 5.12. The van der Waals surface area contributed by atoms with E-state index in [4.69, 9.17) is 22.1 Å². The van der Waals surface area contributed by atoms with E-state index < -0.39 is 5.82 Å². The number of halogens is 2. The van der Waals surface area contributed by atoms with E-state index in [2.05, 4.69) is 10.2 Å². The molecule has 2 rings (SSSR count). The van der Waals surface area contributed by atoms with Gasteiger partial charge < -0.3 is 10.5 Å². The maximum atomic E-state index is 13.5. The van der Waals surface area contributed by atoms with Crippen LogP contribution in [0.3, 0.4) is 0 Å². The van der Waals surface area contributed by atoms with Crippen LogP contribution in [0, 0.1) is 5.82 Å². The summed E-state index contributed by atoms with van der Waals surface area (Å²) < 4.78 is 18.4. The summed E-state index contributed by atoms with van der Waals surface area (Å²) in [4.78, 5) is 0. The summed E-state index contributed by atoms with van der Waals surface area (Å²) in [5.74, 6) is -0.0862.